The van der Waals surface area contributed by atoms with Gasteiger partial charge in [0, 0.05) is 42.8 Å². The van der Waals surface area contributed by atoms with Gasteiger partial charge >= 0.3 is 0 Å². The van der Waals surface area contributed by atoms with Crippen LogP contribution in [0.2, 0.25) is 5.02 Å². The molecule has 2 rings (SSSR count). The molecule has 26 heavy (non-hydrogen) atoms. The van der Waals surface area contributed by atoms with Crippen LogP contribution < -0.4 is 16.0 Å². The summed E-state index contributed by atoms with van der Waals surface area (Å²) in [6, 6.07) is 13.2. The lowest BCUT2D eigenvalue weighted by Gasteiger charge is -2.12. The molecule has 3 N–H and O–H groups in total. The molecule has 0 fully saturated rings. The van der Waals surface area contributed by atoms with Crippen molar-refractivity contribution in [2.75, 3.05) is 20.1 Å². The fourth-order valence-electron chi connectivity index (χ4n) is 2.10. The highest BCUT2D eigenvalue weighted by Gasteiger charge is 2.05. The monoisotopic (exact) mass is 490 g/mol. The van der Waals surface area contributed by atoms with Gasteiger partial charge in [0.2, 0.25) is 0 Å². The van der Waals surface area contributed by atoms with Crippen molar-refractivity contribution in [3.63, 3.8) is 0 Å². The zero-order chi connectivity index (χ0) is 18.1. The van der Waals surface area contributed by atoms with Gasteiger partial charge in [-0.05, 0) is 30.3 Å². The van der Waals surface area contributed by atoms with Gasteiger partial charge in [0.1, 0.15) is 5.82 Å². The first-order valence-corrected chi connectivity index (χ1v) is 8.19. The third-order valence-electron chi connectivity index (χ3n) is 3.44. The Labute approximate surface area is 174 Å². The molecule has 0 saturated carbocycles. The molecule has 0 atom stereocenters. The van der Waals surface area contributed by atoms with Crippen LogP contribution in [-0.4, -0.2) is 32.0 Å². The number of nitrogens with one attached hydrogen (secondary N) is 3. The summed E-state index contributed by atoms with van der Waals surface area (Å²) in [6.07, 6.45) is 0. The first-order valence-electron chi connectivity index (χ1n) is 7.82. The van der Waals surface area contributed by atoms with Gasteiger partial charge in [-0.2, -0.15) is 0 Å². The minimum atomic E-state index is -0.263. The first-order chi connectivity index (χ1) is 12.1. The first kappa shape index (κ1) is 22.2. The summed E-state index contributed by atoms with van der Waals surface area (Å²) in [5, 5.41) is 9.46. The van der Waals surface area contributed by atoms with Crippen molar-refractivity contribution >= 4 is 47.4 Å². The second-order valence-corrected chi connectivity index (χ2v) is 5.64. The van der Waals surface area contributed by atoms with E-state index >= 15 is 0 Å². The fraction of sp³-hybridized carbons (Fsp3) is 0.222. The molecule has 0 unspecified atom stereocenters. The highest BCUT2D eigenvalue weighted by Crippen LogP contribution is 2.09. The van der Waals surface area contributed by atoms with Crippen molar-refractivity contribution in [1.82, 2.24) is 16.0 Å². The van der Waals surface area contributed by atoms with Gasteiger partial charge in [-0.25, -0.2) is 4.39 Å². The van der Waals surface area contributed by atoms with E-state index in [0.717, 1.165) is 0 Å². The molecule has 1 amide bonds. The van der Waals surface area contributed by atoms with Gasteiger partial charge in [0.15, 0.2) is 5.96 Å². The Morgan fingerprint density at radius 2 is 1.69 bits per heavy atom. The number of nitrogens with zero attached hydrogens (tertiary/aromatic N) is 1. The maximum Gasteiger partial charge on any atom is 0.251 e. The molecule has 0 saturated heterocycles. The number of hydrogen-bond acceptors (Lipinski definition) is 2. The lowest BCUT2D eigenvalue weighted by atomic mass is 10.2. The minimum Gasteiger partial charge on any atom is -0.355 e. The Kier molecular flexibility index (Phi) is 9.97. The normalized spacial score (nSPS) is 10.7. The molecule has 0 bridgehead atoms. The standard InChI is InChI=1S/C18H20ClFN4O.HI/c1-21-18(24-12-14-4-2-3-5-16(14)20)23-11-10-22-17(25)13-6-8-15(19)9-7-13;/h2-9H,10-12H2,1H3,(H,22,25)(H2,21,23,24);1H. The van der Waals surface area contributed by atoms with Crippen LogP contribution in [0.1, 0.15) is 15.9 Å². The average Bonchev–Trinajstić information content (AvgIpc) is 2.62. The van der Waals surface area contributed by atoms with Gasteiger partial charge in [0.25, 0.3) is 5.91 Å². The van der Waals surface area contributed by atoms with Crippen LogP contribution in [0.3, 0.4) is 0 Å². The van der Waals surface area contributed by atoms with E-state index in [9.17, 15) is 9.18 Å². The molecule has 5 nitrogen and oxygen atoms in total. The quantitative estimate of drug-likeness (QED) is 0.252. The molecule has 2 aromatic rings. The van der Waals surface area contributed by atoms with Crippen molar-refractivity contribution in [3.05, 3.63) is 70.5 Å². The molecule has 0 heterocycles. The predicted octanol–water partition coefficient (Wildman–Crippen LogP) is 3.19. The summed E-state index contributed by atoms with van der Waals surface area (Å²) >= 11 is 5.79. The van der Waals surface area contributed by atoms with Crippen molar-refractivity contribution < 1.29 is 9.18 Å². The van der Waals surface area contributed by atoms with Gasteiger partial charge in [0.05, 0.1) is 0 Å². The number of carbonyl (C=O) groups is 1. The van der Waals surface area contributed by atoms with Crippen LogP contribution >= 0.6 is 35.6 Å². The van der Waals surface area contributed by atoms with Crippen LogP contribution in [0.25, 0.3) is 0 Å². The van der Waals surface area contributed by atoms with E-state index in [2.05, 4.69) is 20.9 Å². The topological polar surface area (TPSA) is 65.5 Å². The number of guanidine groups is 1. The van der Waals surface area contributed by atoms with Gasteiger partial charge < -0.3 is 16.0 Å². The Morgan fingerprint density at radius 1 is 1.04 bits per heavy atom. The van der Waals surface area contributed by atoms with Crippen LogP contribution in [0.15, 0.2) is 53.5 Å². The van der Waals surface area contributed by atoms with Gasteiger partial charge in [-0.15, -0.1) is 24.0 Å². The SMILES string of the molecule is CN=C(NCCNC(=O)c1ccc(Cl)cc1)NCc1ccccc1F.I. The molecule has 0 aliphatic carbocycles. The number of aliphatic imine (C=N–C) groups is 1. The van der Waals surface area contributed by atoms with Crippen LogP contribution in [0.5, 0.6) is 0 Å². The number of halogens is 3. The highest BCUT2D eigenvalue weighted by atomic mass is 127. The number of rotatable bonds is 6. The lowest BCUT2D eigenvalue weighted by Crippen LogP contribution is -2.41. The summed E-state index contributed by atoms with van der Waals surface area (Å²) in [5.74, 6) is 0.0949. The molecule has 8 heteroatoms. The minimum absolute atomic E-state index is 0. The predicted molar refractivity (Wildman–Crippen MR) is 114 cm³/mol. The third-order valence-corrected chi connectivity index (χ3v) is 3.69. The van der Waals surface area contributed by atoms with E-state index < -0.39 is 0 Å². The maximum atomic E-state index is 13.6. The molecule has 0 aliphatic heterocycles. The molecule has 0 spiro atoms. The number of benzene rings is 2. The van der Waals surface area contributed by atoms with Crippen molar-refractivity contribution in [2.45, 2.75) is 6.54 Å². The Balaban J connectivity index is 0.00000338. The summed E-state index contributed by atoms with van der Waals surface area (Å²) in [7, 11) is 1.63. The molecular formula is C18H21ClFIN4O. The van der Waals surface area contributed by atoms with Gasteiger partial charge in [-0.3, -0.25) is 9.79 Å². The molecule has 0 aromatic heterocycles. The number of amides is 1. The van der Waals surface area contributed by atoms with Crippen LogP contribution in [0, 0.1) is 5.82 Å². The lowest BCUT2D eigenvalue weighted by molar-refractivity contribution is 0.0954. The zero-order valence-corrected chi connectivity index (χ0v) is 17.3. The second kappa shape index (κ2) is 11.7. The highest BCUT2D eigenvalue weighted by molar-refractivity contribution is 14.0. The van der Waals surface area contributed by atoms with Gasteiger partial charge in [-0.1, -0.05) is 29.8 Å². The van der Waals surface area contributed by atoms with E-state index in [1.807, 2.05) is 0 Å². The second-order valence-electron chi connectivity index (χ2n) is 5.21. The van der Waals surface area contributed by atoms with E-state index in [1.54, 1.807) is 49.5 Å². The fourth-order valence-corrected chi connectivity index (χ4v) is 2.23. The molecule has 0 aliphatic rings. The van der Waals surface area contributed by atoms with Crippen molar-refractivity contribution in [3.8, 4) is 0 Å². The van der Waals surface area contributed by atoms with Crippen molar-refractivity contribution in [1.29, 1.82) is 0 Å². The third kappa shape index (κ3) is 7.17. The number of carbonyl (C=O) groups excluding carboxylic acids is 1. The average molecular weight is 491 g/mol. The summed E-state index contributed by atoms with van der Waals surface area (Å²) in [6.45, 7) is 1.22. The summed E-state index contributed by atoms with van der Waals surface area (Å²) in [5.41, 5.74) is 1.10. The van der Waals surface area contributed by atoms with Crippen LogP contribution in [-0.2, 0) is 6.54 Å². The molecule has 2 aromatic carbocycles. The summed E-state index contributed by atoms with van der Waals surface area (Å²) < 4.78 is 13.6. The largest absolute Gasteiger partial charge is 0.355 e. The summed E-state index contributed by atoms with van der Waals surface area (Å²) in [4.78, 5) is 16.0. The van der Waals surface area contributed by atoms with E-state index in [4.69, 9.17) is 11.6 Å². The van der Waals surface area contributed by atoms with Crippen LogP contribution in [0.4, 0.5) is 4.39 Å². The molecule has 140 valence electrons. The Hall–Kier alpha value is -1.87. The van der Waals surface area contributed by atoms with Crippen molar-refractivity contribution in [2.24, 2.45) is 4.99 Å². The molecular weight excluding hydrogens is 470 g/mol. The smallest absolute Gasteiger partial charge is 0.251 e. The maximum absolute atomic E-state index is 13.6. The van der Waals surface area contributed by atoms with E-state index in [1.165, 1.54) is 6.07 Å². The Morgan fingerprint density at radius 3 is 2.35 bits per heavy atom. The van der Waals surface area contributed by atoms with E-state index in [0.29, 0.717) is 41.7 Å². The zero-order valence-electron chi connectivity index (χ0n) is 14.3. The number of hydrogen-bond donors (Lipinski definition) is 3. The Bertz CT molecular complexity index is 740. The molecule has 0 radical (unpaired) electrons. The van der Waals surface area contributed by atoms with E-state index in [-0.39, 0.29) is 35.7 Å².